The highest BCUT2D eigenvalue weighted by atomic mass is 16.2. The summed E-state index contributed by atoms with van der Waals surface area (Å²) in [5.41, 5.74) is 5.13. The maximum Gasteiger partial charge on any atom is 0.330 e. The van der Waals surface area contributed by atoms with Crippen LogP contribution in [-0.2, 0) is 11.3 Å². The smallest absolute Gasteiger partial charge is 0.330 e. The first-order valence-corrected chi connectivity index (χ1v) is 8.95. The minimum Gasteiger partial charge on any atom is -0.383 e. The molecule has 7 heteroatoms. The maximum absolute atomic E-state index is 12.9. The van der Waals surface area contributed by atoms with Crippen LogP contribution in [0.25, 0.3) is 0 Å². The normalized spacial score (nSPS) is 15.4. The highest BCUT2D eigenvalue weighted by Gasteiger charge is 2.29. The van der Waals surface area contributed by atoms with Crippen molar-refractivity contribution in [2.45, 2.75) is 65.3 Å². The molecule has 0 saturated heterocycles. The third-order valence-electron chi connectivity index (χ3n) is 4.76. The third-order valence-corrected chi connectivity index (χ3v) is 4.76. The molecule has 1 aromatic rings. The van der Waals surface area contributed by atoms with Crippen LogP contribution < -0.4 is 21.9 Å². The average Bonchev–Trinajstić information content (AvgIpc) is 2.58. The molecule has 0 radical (unpaired) electrons. The van der Waals surface area contributed by atoms with E-state index in [9.17, 15) is 14.4 Å². The number of nitrogen functional groups attached to an aromatic ring is 1. The zero-order chi connectivity index (χ0) is 17.7. The molecule has 1 aromatic heterocycles. The second-order valence-corrected chi connectivity index (χ2v) is 6.42. The van der Waals surface area contributed by atoms with E-state index in [1.807, 2.05) is 13.8 Å². The first kappa shape index (κ1) is 18.3. The van der Waals surface area contributed by atoms with Crippen LogP contribution in [0.15, 0.2) is 9.59 Å². The van der Waals surface area contributed by atoms with Gasteiger partial charge in [0, 0.05) is 19.0 Å². The number of hydrogen-bond acceptors (Lipinski definition) is 4. The average molecular weight is 336 g/mol. The van der Waals surface area contributed by atoms with Crippen molar-refractivity contribution in [2.75, 3.05) is 17.2 Å². The summed E-state index contributed by atoms with van der Waals surface area (Å²) in [6.07, 6.45) is 6.61. The molecule has 1 aliphatic carbocycles. The van der Waals surface area contributed by atoms with Crippen molar-refractivity contribution in [3.8, 4) is 0 Å². The summed E-state index contributed by atoms with van der Waals surface area (Å²) in [6, 6.07) is 0. The summed E-state index contributed by atoms with van der Waals surface area (Å²) >= 11 is 0. The molecule has 24 heavy (non-hydrogen) atoms. The molecule has 0 spiro atoms. The van der Waals surface area contributed by atoms with Crippen LogP contribution in [0.3, 0.4) is 0 Å². The summed E-state index contributed by atoms with van der Waals surface area (Å²) in [5.74, 6) is -0.0354. The predicted octanol–water partition coefficient (Wildman–Crippen LogP) is 1.85. The summed E-state index contributed by atoms with van der Waals surface area (Å²) in [5, 5.41) is 0. The van der Waals surface area contributed by atoms with Gasteiger partial charge in [-0.2, -0.15) is 0 Å². The number of nitrogens with one attached hydrogen (secondary N) is 1. The molecule has 3 N–H and O–H groups in total. The molecule has 134 valence electrons. The number of hydrogen-bond donors (Lipinski definition) is 2. The molecular formula is C17H28N4O3. The molecule has 0 aliphatic heterocycles. The number of carbonyl (C=O) groups is 1. The van der Waals surface area contributed by atoms with Gasteiger partial charge >= 0.3 is 5.69 Å². The van der Waals surface area contributed by atoms with Crippen molar-refractivity contribution in [2.24, 2.45) is 5.92 Å². The zero-order valence-electron chi connectivity index (χ0n) is 14.6. The van der Waals surface area contributed by atoms with Crippen molar-refractivity contribution in [1.29, 1.82) is 0 Å². The molecule has 0 aromatic carbocycles. The van der Waals surface area contributed by atoms with Crippen LogP contribution in [0.2, 0.25) is 0 Å². The molecule has 0 atom stereocenters. The van der Waals surface area contributed by atoms with E-state index >= 15 is 0 Å². The number of aromatic amines is 1. The quantitative estimate of drug-likeness (QED) is 0.827. The maximum atomic E-state index is 12.9. The Labute approximate surface area is 141 Å². The molecule has 1 fully saturated rings. The molecular weight excluding hydrogens is 308 g/mol. The Kier molecular flexibility index (Phi) is 6.23. The Morgan fingerprint density at radius 1 is 1.25 bits per heavy atom. The van der Waals surface area contributed by atoms with Crippen molar-refractivity contribution in [3.05, 3.63) is 20.8 Å². The molecule has 7 nitrogen and oxygen atoms in total. The van der Waals surface area contributed by atoms with Crippen LogP contribution >= 0.6 is 0 Å². The number of rotatable bonds is 6. The number of nitrogens with two attached hydrogens (primary N) is 1. The van der Waals surface area contributed by atoms with E-state index in [4.69, 9.17) is 5.73 Å². The van der Waals surface area contributed by atoms with Crippen LogP contribution in [-0.4, -0.2) is 22.0 Å². The minimum absolute atomic E-state index is 0.0601. The lowest BCUT2D eigenvalue weighted by atomic mass is 9.88. The van der Waals surface area contributed by atoms with E-state index in [0.717, 1.165) is 44.9 Å². The lowest BCUT2D eigenvalue weighted by molar-refractivity contribution is -0.123. The predicted molar refractivity (Wildman–Crippen MR) is 95.2 cm³/mol. The van der Waals surface area contributed by atoms with Crippen LogP contribution in [0, 0.1) is 5.92 Å². The first-order chi connectivity index (χ1) is 11.5. The largest absolute Gasteiger partial charge is 0.383 e. The number of carbonyl (C=O) groups excluding carboxylic acids is 1. The molecule has 1 amide bonds. The lowest BCUT2D eigenvalue weighted by Gasteiger charge is -2.29. The van der Waals surface area contributed by atoms with E-state index < -0.39 is 11.2 Å². The highest BCUT2D eigenvalue weighted by molar-refractivity contribution is 5.97. The van der Waals surface area contributed by atoms with Crippen molar-refractivity contribution in [3.63, 3.8) is 0 Å². The SMILES string of the molecule is CCCCn1c(N)c(N(CC)C(=O)C2CCCCC2)c(=O)[nH]c1=O. The summed E-state index contributed by atoms with van der Waals surface area (Å²) in [6.45, 7) is 4.62. The Morgan fingerprint density at radius 3 is 2.50 bits per heavy atom. The summed E-state index contributed by atoms with van der Waals surface area (Å²) in [4.78, 5) is 41.0. The molecule has 2 rings (SSSR count). The van der Waals surface area contributed by atoms with Gasteiger partial charge in [0.25, 0.3) is 5.56 Å². The Balaban J connectivity index is 2.41. The molecule has 1 saturated carbocycles. The second kappa shape index (κ2) is 8.17. The van der Waals surface area contributed by atoms with Gasteiger partial charge in [0.15, 0.2) is 5.69 Å². The zero-order valence-corrected chi connectivity index (χ0v) is 14.6. The summed E-state index contributed by atoms with van der Waals surface area (Å²) < 4.78 is 1.36. The van der Waals surface area contributed by atoms with Gasteiger partial charge < -0.3 is 10.6 Å². The standard InChI is InChI=1S/C17H28N4O3/c1-3-5-11-21-14(18)13(15(22)19-17(21)24)20(4-2)16(23)12-9-7-6-8-10-12/h12H,3-11,18H2,1-2H3,(H,19,22,24). The number of amides is 1. The van der Waals surface area contributed by atoms with Crippen LogP contribution in [0.1, 0.15) is 58.8 Å². The first-order valence-electron chi connectivity index (χ1n) is 8.95. The Hall–Kier alpha value is -2.05. The van der Waals surface area contributed by atoms with Gasteiger partial charge in [0.1, 0.15) is 5.82 Å². The number of H-pyrrole nitrogens is 1. The topological polar surface area (TPSA) is 101 Å². The second-order valence-electron chi connectivity index (χ2n) is 6.42. The molecule has 1 heterocycles. The van der Waals surface area contributed by atoms with E-state index in [-0.39, 0.29) is 23.3 Å². The highest BCUT2D eigenvalue weighted by Crippen LogP contribution is 2.28. The van der Waals surface area contributed by atoms with Gasteiger partial charge in [-0.1, -0.05) is 32.6 Å². The Bertz CT molecular complexity index is 686. The molecule has 0 unspecified atom stereocenters. The van der Waals surface area contributed by atoms with E-state index in [0.29, 0.717) is 13.1 Å². The number of nitrogens with zero attached hydrogens (tertiary/aromatic N) is 2. The lowest BCUT2D eigenvalue weighted by Crippen LogP contribution is -2.43. The fraction of sp³-hybridized carbons (Fsp3) is 0.706. The fourth-order valence-corrected chi connectivity index (χ4v) is 3.37. The monoisotopic (exact) mass is 336 g/mol. The van der Waals surface area contributed by atoms with Gasteiger partial charge in [-0.25, -0.2) is 4.79 Å². The van der Waals surface area contributed by atoms with E-state index in [1.54, 1.807) is 0 Å². The van der Waals surface area contributed by atoms with Gasteiger partial charge in [0.2, 0.25) is 5.91 Å². The van der Waals surface area contributed by atoms with Gasteiger partial charge in [-0.15, -0.1) is 0 Å². The van der Waals surface area contributed by atoms with Gasteiger partial charge in [-0.3, -0.25) is 19.1 Å². The van der Waals surface area contributed by atoms with Crippen LogP contribution in [0.4, 0.5) is 11.5 Å². The molecule has 0 bridgehead atoms. The van der Waals surface area contributed by atoms with E-state index in [2.05, 4.69) is 4.98 Å². The number of unbranched alkanes of at least 4 members (excludes halogenated alkanes) is 1. The summed E-state index contributed by atoms with van der Waals surface area (Å²) in [7, 11) is 0. The number of anilines is 2. The van der Waals surface area contributed by atoms with E-state index in [1.165, 1.54) is 9.47 Å². The number of aromatic nitrogens is 2. The third kappa shape index (κ3) is 3.71. The Morgan fingerprint density at radius 2 is 1.92 bits per heavy atom. The molecule has 1 aliphatic rings. The van der Waals surface area contributed by atoms with Crippen molar-refractivity contribution < 1.29 is 4.79 Å². The minimum atomic E-state index is -0.587. The fourth-order valence-electron chi connectivity index (χ4n) is 3.37. The van der Waals surface area contributed by atoms with Crippen LogP contribution in [0.5, 0.6) is 0 Å². The van der Waals surface area contributed by atoms with Gasteiger partial charge in [0.05, 0.1) is 0 Å². The van der Waals surface area contributed by atoms with Gasteiger partial charge in [-0.05, 0) is 26.2 Å². The van der Waals surface area contributed by atoms with Crippen molar-refractivity contribution in [1.82, 2.24) is 9.55 Å². The van der Waals surface area contributed by atoms with Crippen molar-refractivity contribution >= 4 is 17.4 Å².